The summed E-state index contributed by atoms with van der Waals surface area (Å²) in [6.07, 6.45) is 4.98. The number of hydrogen-bond donors (Lipinski definition) is 2. The highest BCUT2D eigenvalue weighted by Gasteiger charge is 2.54. The van der Waals surface area contributed by atoms with Crippen molar-refractivity contribution in [1.82, 2.24) is 10.3 Å². The van der Waals surface area contributed by atoms with E-state index in [1.807, 2.05) is 19.1 Å². The average Bonchev–Trinajstić information content (AvgIpc) is 2.71. The van der Waals surface area contributed by atoms with Crippen molar-refractivity contribution in [2.75, 3.05) is 0 Å². The maximum atomic E-state index is 12.4. The number of nitrogens with zero attached hydrogens (tertiary/aromatic N) is 1. The van der Waals surface area contributed by atoms with Crippen LogP contribution >= 0.6 is 0 Å². The number of carbonyl (C=O) groups excluding carboxylic acids is 2. The van der Waals surface area contributed by atoms with Gasteiger partial charge >= 0.3 is 0 Å². The van der Waals surface area contributed by atoms with Crippen LogP contribution in [0.25, 0.3) is 0 Å². The molecule has 2 atom stereocenters. The largest absolute Gasteiger partial charge is 0.369 e. The lowest BCUT2D eigenvalue weighted by atomic mass is 9.72. The number of rotatable bonds is 3. The molecule has 2 aliphatic rings. The average molecular weight is 287 g/mol. The Morgan fingerprint density at radius 1 is 1.24 bits per heavy atom. The number of amides is 2. The molecule has 1 aromatic heterocycles. The van der Waals surface area contributed by atoms with E-state index in [2.05, 4.69) is 10.3 Å². The predicted octanol–water partition coefficient (Wildman–Crippen LogP) is 1.70. The van der Waals surface area contributed by atoms with Crippen LogP contribution in [0.1, 0.15) is 54.7 Å². The van der Waals surface area contributed by atoms with Gasteiger partial charge in [0.2, 0.25) is 5.91 Å². The van der Waals surface area contributed by atoms with Gasteiger partial charge < -0.3 is 11.1 Å². The fourth-order valence-electron chi connectivity index (χ4n) is 3.97. The van der Waals surface area contributed by atoms with Crippen LogP contribution in [-0.4, -0.2) is 22.3 Å². The van der Waals surface area contributed by atoms with Crippen LogP contribution in [0.5, 0.6) is 0 Å². The van der Waals surface area contributed by atoms with Crippen molar-refractivity contribution in [3.05, 3.63) is 29.6 Å². The monoisotopic (exact) mass is 287 g/mol. The second-order valence-corrected chi connectivity index (χ2v) is 6.57. The van der Waals surface area contributed by atoms with Gasteiger partial charge in [0.1, 0.15) is 5.69 Å². The molecule has 1 aromatic rings. The highest BCUT2D eigenvalue weighted by Crippen LogP contribution is 2.53. The first-order chi connectivity index (χ1) is 9.95. The number of nitrogens with two attached hydrogens (primary N) is 1. The first kappa shape index (κ1) is 14.0. The summed E-state index contributed by atoms with van der Waals surface area (Å²) in [5, 5.41) is 3.14. The lowest BCUT2D eigenvalue weighted by Gasteiger charge is -2.38. The highest BCUT2D eigenvalue weighted by atomic mass is 16.2. The van der Waals surface area contributed by atoms with E-state index in [0.717, 1.165) is 37.8 Å². The molecule has 2 aliphatic carbocycles. The maximum absolute atomic E-state index is 12.4. The molecule has 2 saturated carbocycles. The Hall–Kier alpha value is -1.91. The van der Waals surface area contributed by atoms with E-state index < -0.39 is 5.41 Å². The number of aryl methyl sites for hydroxylation is 1. The Bertz CT molecular complexity index is 601. The summed E-state index contributed by atoms with van der Waals surface area (Å²) in [6, 6.07) is 5.42. The Kier molecular flexibility index (Phi) is 3.23. The van der Waals surface area contributed by atoms with E-state index in [0.29, 0.717) is 12.1 Å². The first-order valence-electron chi connectivity index (χ1n) is 7.51. The SMILES string of the molecule is Cc1cccc(C(=O)NC23CCC[C@](C(N)=O)(CC2)C3)n1. The molecule has 0 spiro atoms. The lowest BCUT2D eigenvalue weighted by molar-refractivity contribution is -0.128. The van der Waals surface area contributed by atoms with Crippen molar-refractivity contribution in [3.63, 3.8) is 0 Å². The summed E-state index contributed by atoms with van der Waals surface area (Å²) in [7, 11) is 0. The van der Waals surface area contributed by atoms with Gasteiger partial charge in [-0.2, -0.15) is 0 Å². The molecule has 0 aliphatic heterocycles. The van der Waals surface area contributed by atoms with Crippen molar-refractivity contribution in [2.24, 2.45) is 11.1 Å². The molecular weight excluding hydrogens is 266 g/mol. The molecule has 2 fully saturated rings. The molecule has 2 amide bonds. The van der Waals surface area contributed by atoms with Gasteiger partial charge in [-0.05, 0) is 51.2 Å². The second kappa shape index (κ2) is 4.83. The van der Waals surface area contributed by atoms with Gasteiger partial charge in [-0.15, -0.1) is 0 Å². The quantitative estimate of drug-likeness (QED) is 0.887. The molecule has 0 radical (unpaired) electrons. The van der Waals surface area contributed by atoms with Gasteiger partial charge in [-0.1, -0.05) is 12.5 Å². The molecule has 3 rings (SSSR count). The Balaban J connectivity index is 1.79. The molecule has 5 nitrogen and oxygen atoms in total. The molecule has 3 N–H and O–H groups in total. The minimum absolute atomic E-state index is 0.152. The van der Waals surface area contributed by atoms with Crippen LogP contribution in [-0.2, 0) is 4.79 Å². The van der Waals surface area contributed by atoms with Crippen LogP contribution in [0, 0.1) is 12.3 Å². The van der Waals surface area contributed by atoms with E-state index >= 15 is 0 Å². The Morgan fingerprint density at radius 2 is 2.05 bits per heavy atom. The Morgan fingerprint density at radius 3 is 2.76 bits per heavy atom. The molecule has 0 saturated heterocycles. The van der Waals surface area contributed by atoms with Gasteiger partial charge in [0, 0.05) is 11.2 Å². The van der Waals surface area contributed by atoms with Crippen molar-refractivity contribution in [3.8, 4) is 0 Å². The first-order valence-corrected chi connectivity index (χ1v) is 7.51. The van der Waals surface area contributed by atoms with Gasteiger partial charge in [-0.3, -0.25) is 9.59 Å². The topological polar surface area (TPSA) is 85.1 Å². The summed E-state index contributed by atoms with van der Waals surface area (Å²) in [5.41, 5.74) is 6.16. The normalized spacial score (nSPS) is 30.9. The van der Waals surface area contributed by atoms with Crippen LogP contribution in [0.4, 0.5) is 0 Å². The van der Waals surface area contributed by atoms with Gasteiger partial charge in [0.25, 0.3) is 5.91 Å². The van der Waals surface area contributed by atoms with Crippen molar-refractivity contribution < 1.29 is 9.59 Å². The van der Waals surface area contributed by atoms with Crippen LogP contribution in [0.2, 0.25) is 0 Å². The summed E-state index contributed by atoms with van der Waals surface area (Å²) < 4.78 is 0. The van der Waals surface area contributed by atoms with Crippen molar-refractivity contribution in [2.45, 2.75) is 51.0 Å². The van der Waals surface area contributed by atoms with E-state index in [-0.39, 0.29) is 17.4 Å². The highest BCUT2D eigenvalue weighted by molar-refractivity contribution is 5.93. The lowest BCUT2D eigenvalue weighted by Crippen LogP contribution is -2.51. The standard InChI is InChI=1S/C16H21N3O2/c1-11-4-2-5-12(18-11)13(20)19-16-7-3-6-15(10-16,8-9-16)14(17)21/h2,4-5H,3,6-10H2,1H3,(H2,17,21)(H,19,20)/t15-,16?/m0/s1. The molecule has 1 unspecified atom stereocenters. The number of carbonyl (C=O) groups is 2. The van der Waals surface area contributed by atoms with Gasteiger partial charge in [-0.25, -0.2) is 4.98 Å². The third-order valence-electron chi connectivity index (χ3n) is 5.09. The molecule has 1 heterocycles. The summed E-state index contributed by atoms with van der Waals surface area (Å²) in [4.78, 5) is 28.5. The van der Waals surface area contributed by atoms with Gasteiger partial charge in [0.05, 0.1) is 5.41 Å². The van der Waals surface area contributed by atoms with Crippen LogP contribution in [0.3, 0.4) is 0 Å². The minimum atomic E-state index is -0.411. The van der Waals surface area contributed by atoms with E-state index in [1.54, 1.807) is 6.07 Å². The predicted molar refractivity (Wildman–Crippen MR) is 78.5 cm³/mol. The number of primary amides is 1. The molecule has 112 valence electrons. The summed E-state index contributed by atoms with van der Waals surface area (Å²) >= 11 is 0. The Labute approximate surface area is 124 Å². The van der Waals surface area contributed by atoms with Crippen molar-refractivity contribution in [1.29, 1.82) is 0 Å². The fraction of sp³-hybridized carbons (Fsp3) is 0.562. The second-order valence-electron chi connectivity index (χ2n) is 6.57. The zero-order chi connectivity index (χ0) is 15.1. The molecule has 2 bridgehead atoms. The number of fused-ring (bicyclic) bond motifs is 2. The maximum Gasteiger partial charge on any atom is 0.270 e. The molecular formula is C16H21N3O2. The van der Waals surface area contributed by atoms with Crippen LogP contribution in [0.15, 0.2) is 18.2 Å². The summed E-state index contributed by atoms with van der Waals surface area (Å²) in [6.45, 7) is 1.86. The number of hydrogen-bond acceptors (Lipinski definition) is 3. The summed E-state index contributed by atoms with van der Waals surface area (Å²) in [5.74, 6) is -0.368. The fourth-order valence-corrected chi connectivity index (χ4v) is 3.97. The smallest absolute Gasteiger partial charge is 0.270 e. The van der Waals surface area contributed by atoms with Gasteiger partial charge in [0.15, 0.2) is 0 Å². The van der Waals surface area contributed by atoms with Crippen molar-refractivity contribution >= 4 is 11.8 Å². The van der Waals surface area contributed by atoms with Crippen LogP contribution < -0.4 is 11.1 Å². The zero-order valence-corrected chi connectivity index (χ0v) is 12.3. The molecule has 0 aromatic carbocycles. The van der Waals surface area contributed by atoms with E-state index in [1.165, 1.54) is 0 Å². The molecule has 21 heavy (non-hydrogen) atoms. The zero-order valence-electron chi connectivity index (χ0n) is 12.3. The third kappa shape index (κ3) is 2.41. The van der Waals surface area contributed by atoms with E-state index in [4.69, 9.17) is 5.73 Å². The molecule has 5 heteroatoms. The van der Waals surface area contributed by atoms with E-state index in [9.17, 15) is 9.59 Å². The number of pyridine rings is 1. The number of nitrogens with one attached hydrogen (secondary N) is 1. The third-order valence-corrected chi connectivity index (χ3v) is 5.09. The number of aromatic nitrogens is 1. The minimum Gasteiger partial charge on any atom is -0.369 e.